The Morgan fingerprint density at radius 3 is 2.47 bits per heavy atom. The first-order chi connectivity index (χ1) is 7.75. The van der Waals surface area contributed by atoms with Gasteiger partial charge < -0.3 is 10.0 Å². The molecule has 1 unspecified atom stereocenters. The Kier molecular flexibility index (Phi) is 4.10. The van der Waals surface area contributed by atoms with Crippen molar-refractivity contribution in [3.8, 4) is 0 Å². The maximum atomic E-state index is 11.7. The largest absolute Gasteiger partial charge is 0.480 e. The van der Waals surface area contributed by atoms with Crippen molar-refractivity contribution >= 4 is 21.9 Å². The molecule has 0 spiro atoms. The molecule has 0 aliphatic carbocycles. The minimum absolute atomic E-state index is 0.0540. The topological polar surface area (TPSA) is 95.0 Å². The summed E-state index contributed by atoms with van der Waals surface area (Å²) in [6.07, 6.45) is 0.508. The Hall–Kier alpha value is -1.15. The van der Waals surface area contributed by atoms with E-state index < -0.39 is 27.9 Å². The van der Waals surface area contributed by atoms with Crippen molar-refractivity contribution in [1.29, 1.82) is 0 Å². The maximum absolute atomic E-state index is 11.7. The molecule has 0 aromatic carbocycles. The number of sulfonamides is 1. The molecule has 1 aliphatic heterocycles. The van der Waals surface area contributed by atoms with Crippen LogP contribution in [0.5, 0.6) is 0 Å². The minimum Gasteiger partial charge on any atom is -0.480 e. The zero-order valence-corrected chi connectivity index (χ0v) is 10.6. The van der Waals surface area contributed by atoms with E-state index in [9.17, 15) is 18.0 Å². The van der Waals surface area contributed by atoms with Crippen LogP contribution >= 0.6 is 0 Å². The second-order valence-electron chi connectivity index (χ2n) is 4.02. The molecule has 7 nitrogen and oxygen atoms in total. The minimum atomic E-state index is -3.32. The predicted octanol–water partition coefficient (Wildman–Crippen LogP) is -1.05. The first-order valence-electron chi connectivity index (χ1n) is 5.22. The van der Waals surface area contributed by atoms with E-state index in [0.29, 0.717) is 13.0 Å². The number of hydrogen-bond donors (Lipinski definition) is 1. The van der Waals surface area contributed by atoms with E-state index in [2.05, 4.69) is 0 Å². The highest BCUT2D eigenvalue weighted by atomic mass is 32.2. The smallest absolute Gasteiger partial charge is 0.326 e. The lowest BCUT2D eigenvalue weighted by atomic mass is 10.3. The van der Waals surface area contributed by atoms with Crippen molar-refractivity contribution in [1.82, 2.24) is 9.21 Å². The fraction of sp³-hybridized carbons (Fsp3) is 0.778. The quantitative estimate of drug-likeness (QED) is 0.699. The number of rotatable bonds is 4. The Bertz CT molecular complexity index is 419. The van der Waals surface area contributed by atoms with Crippen LogP contribution in [0.15, 0.2) is 0 Å². The van der Waals surface area contributed by atoms with Gasteiger partial charge in [0.05, 0.1) is 12.3 Å². The maximum Gasteiger partial charge on any atom is 0.326 e. The van der Waals surface area contributed by atoms with Gasteiger partial charge in [0.25, 0.3) is 0 Å². The highest BCUT2D eigenvalue weighted by Gasteiger charge is 2.32. The van der Waals surface area contributed by atoms with E-state index in [1.54, 1.807) is 0 Å². The van der Waals surface area contributed by atoms with Crippen LogP contribution in [0.25, 0.3) is 0 Å². The van der Waals surface area contributed by atoms with Crippen molar-refractivity contribution in [2.24, 2.45) is 0 Å². The Balaban J connectivity index is 2.64. The molecule has 1 saturated heterocycles. The number of carboxylic acids is 1. The summed E-state index contributed by atoms with van der Waals surface area (Å²) in [5.41, 5.74) is 0. The molecule has 98 valence electrons. The Morgan fingerprint density at radius 2 is 2.06 bits per heavy atom. The van der Waals surface area contributed by atoms with Gasteiger partial charge in [-0.05, 0) is 13.3 Å². The molecule has 0 saturated carbocycles. The number of carboxylic acid groups (broad SMARTS) is 1. The second-order valence-corrected chi connectivity index (χ2v) is 6.11. The molecule has 1 N–H and O–H groups in total. The van der Waals surface area contributed by atoms with Gasteiger partial charge in [0.15, 0.2) is 0 Å². The van der Waals surface area contributed by atoms with Gasteiger partial charge in [-0.1, -0.05) is 0 Å². The van der Waals surface area contributed by atoms with E-state index in [-0.39, 0.29) is 12.3 Å². The van der Waals surface area contributed by atoms with Crippen LogP contribution in [0.1, 0.15) is 13.3 Å². The van der Waals surface area contributed by atoms with Crippen LogP contribution in [0.3, 0.4) is 0 Å². The van der Waals surface area contributed by atoms with E-state index in [4.69, 9.17) is 5.11 Å². The molecule has 1 fully saturated rings. The van der Waals surface area contributed by atoms with Crippen molar-refractivity contribution in [3.63, 3.8) is 0 Å². The summed E-state index contributed by atoms with van der Waals surface area (Å²) in [7, 11) is -1.97. The molecule has 0 radical (unpaired) electrons. The predicted molar refractivity (Wildman–Crippen MR) is 59.8 cm³/mol. The first kappa shape index (κ1) is 13.9. The molecule has 0 bridgehead atoms. The standard InChI is InChI=1S/C9H16N2O5S/c1-7(9(13)14)10(2)8(12)6-11-4-3-5-17(11,15)16/h7H,3-6H2,1-2H3,(H,13,14). The highest BCUT2D eigenvalue weighted by molar-refractivity contribution is 7.89. The number of nitrogens with zero attached hydrogens (tertiary/aromatic N) is 2. The number of amides is 1. The summed E-state index contributed by atoms with van der Waals surface area (Å²) in [6.45, 7) is 1.42. The molecular formula is C9H16N2O5S. The summed E-state index contributed by atoms with van der Waals surface area (Å²) >= 11 is 0. The third-order valence-electron chi connectivity index (χ3n) is 2.85. The molecule has 1 rings (SSSR count). The third kappa shape index (κ3) is 3.16. The number of carbonyl (C=O) groups excluding carboxylic acids is 1. The lowest BCUT2D eigenvalue weighted by Crippen LogP contribution is -2.45. The van der Waals surface area contributed by atoms with E-state index in [1.165, 1.54) is 14.0 Å². The normalized spacial score (nSPS) is 21.1. The average Bonchev–Trinajstić information content (AvgIpc) is 2.56. The molecule has 8 heteroatoms. The zero-order valence-electron chi connectivity index (χ0n) is 9.79. The second kappa shape index (κ2) is 5.01. The van der Waals surface area contributed by atoms with Crippen molar-refractivity contribution in [3.05, 3.63) is 0 Å². The van der Waals surface area contributed by atoms with Crippen molar-refractivity contribution in [2.45, 2.75) is 19.4 Å². The molecule has 17 heavy (non-hydrogen) atoms. The lowest BCUT2D eigenvalue weighted by Gasteiger charge is -2.23. The molecule has 1 atom stereocenters. The van der Waals surface area contributed by atoms with Gasteiger partial charge in [-0.3, -0.25) is 4.79 Å². The highest BCUT2D eigenvalue weighted by Crippen LogP contribution is 2.13. The van der Waals surface area contributed by atoms with Crippen LogP contribution in [0.4, 0.5) is 0 Å². The fourth-order valence-corrected chi connectivity index (χ4v) is 2.98. The first-order valence-corrected chi connectivity index (χ1v) is 6.83. The van der Waals surface area contributed by atoms with E-state index >= 15 is 0 Å². The van der Waals surface area contributed by atoms with E-state index in [1.807, 2.05) is 0 Å². The van der Waals surface area contributed by atoms with Gasteiger partial charge in [-0.25, -0.2) is 13.2 Å². The van der Waals surface area contributed by atoms with Crippen LogP contribution < -0.4 is 0 Å². The van der Waals surface area contributed by atoms with Gasteiger partial charge in [0, 0.05) is 13.6 Å². The van der Waals surface area contributed by atoms with Crippen LogP contribution in [-0.2, 0) is 19.6 Å². The lowest BCUT2D eigenvalue weighted by molar-refractivity contribution is -0.148. The summed E-state index contributed by atoms with van der Waals surface area (Å²) in [5, 5.41) is 8.74. The van der Waals surface area contributed by atoms with Crippen molar-refractivity contribution in [2.75, 3.05) is 25.9 Å². The molecule has 1 heterocycles. The van der Waals surface area contributed by atoms with Gasteiger partial charge in [0.2, 0.25) is 15.9 Å². The van der Waals surface area contributed by atoms with Crippen LogP contribution in [0, 0.1) is 0 Å². The number of hydrogen-bond acceptors (Lipinski definition) is 4. The average molecular weight is 264 g/mol. The molecular weight excluding hydrogens is 248 g/mol. The summed E-state index contributed by atoms with van der Waals surface area (Å²) in [4.78, 5) is 23.4. The monoisotopic (exact) mass is 264 g/mol. The van der Waals surface area contributed by atoms with Gasteiger partial charge >= 0.3 is 5.97 Å². The number of aliphatic carboxylic acids is 1. The van der Waals surface area contributed by atoms with Gasteiger partial charge in [0.1, 0.15) is 6.04 Å². The SMILES string of the molecule is CC(C(=O)O)N(C)C(=O)CN1CCCS1(=O)=O. The zero-order chi connectivity index (χ0) is 13.2. The van der Waals surface area contributed by atoms with Crippen molar-refractivity contribution < 1.29 is 23.1 Å². The molecule has 1 aliphatic rings. The Morgan fingerprint density at radius 1 is 1.47 bits per heavy atom. The van der Waals surface area contributed by atoms with Crippen LogP contribution in [0.2, 0.25) is 0 Å². The fourth-order valence-electron chi connectivity index (χ4n) is 1.51. The molecule has 0 aromatic rings. The molecule has 0 aromatic heterocycles. The van der Waals surface area contributed by atoms with E-state index in [0.717, 1.165) is 9.21 Å². The van der Waals surface area contributed by atoms with Crippen LogP contribution in [-0.4, -0.2) is 66.5 Å². The van der Waals surface area contributed by atoms with Gasteiger partial charge in [-0.2, -0.15) is 4.31 Å². The van der Waals surface area contributed by atoms with Gasteiger partial charge in [-0.15, -0.1) is 0 Å². The number of likely N-dealkylation sites (N-methyl/N-ethyl adjacent to an activating group) is 1. The summed E-state index contributed by atoms with van der Waals surface area (Å²) < 4.78 is 24.0. The molecule has 1 amide bonds. The summed E-state index contributed by atoms with van der Waals surface area (Å²) in [5.74, 6) is -1.58. The number of carbonyl (C=O) groups is 2. The third-order valence-corrected chi connectivity index (χ3v) is 4.75. The summed E-state index contributed by atoms with van der Waals surface area (Å²) in [6, 6.07) is -0.965. The Labute approximate surface area is 100 Å².